The molecule has 0 spiro atoms. The highest BCUT2D eigenvalue weighted by atomic mass is 16.5. The van der Waals surface area contributed by atoms with Gasteiger partial charge < -0.3 is 15.8 Å². The van der Waals surface area contributed by atoms with Gasteiger partial charge in [0.2, 0.25) is 0 Å². The van der Waals surface area contributed by atoms with Crippen LogP contribution in [0.4, 0.5) is 0 Å². The normalized spacial score (nSPS) is 11.4. The van der Waals surface area contributed by atoms with Crippen molar-refractivity contribution in [2.75, 3.05) is 13.2 Å². The van der Waals surface area contributed by atoms with Crippen LogP contribution in [0, 0.1) is 11.3 Å². The van der Waals surface area contributed by atoms with E-state index in [0.717, 1.165) is 18.5 Å². The molecule has 0 radical (unpaired) electrons. The molecule has 0 aliphatic heterocycles. The highest BCUT2D eigenvalue weighted by molar-refractivity contribution is 5.77. The first-order chi connectivity index (χ1) is 9.15. The summed E-state index contributed by atoms with van der Waals surface area (Å²) in [6.45, 7) is 1.88. The van der Waals surface area contributed by atoms with Gasteiger partial charge in [0.15, 0.2) is 6.61 Å². The molecule has 0 bridgehead atoms. The lowest BCUT2D eigenvalue weighted by Crippen LogP contribution is -2.29. The van der Waals surface area contributed by atoms with E-state index < -0.39 is 0 Å². The lowest BCUT2D eigenvalue weighted by molar-refractivity contribution is -0.122. The van der Waals surface area contributed by atoms with Crippen molar-refractivity contribution in [1.29, 1.82) is 5.26 Å². The Morgan fingerprint density at radius 3 is 3.00 bits per heavy atom. The highest BCUT2D eigenvalue weighted by Crippen LogP contribution is 2.10. The summed E-state index contributed by atoms with van der Waals surface area (Å²) in [5, 5.41) is 10.7. The molecule has 102 valence electrons. The largest absolute Gasteiger partial charge is 0.482 e. The molecular formula is C13H18N4O2. The van der Waals surface area contributed by atoms with Crippen molar-refractivity contribution < 1.29 is 9.53 Å². The quantitative estimate of drug-likeness (QED) is 0.692. The van der Waals surface area contributed by atoms with Gasteiger partial charge in [0, 0.05) is 18.2 Å². The second-order valence-electron chi connectivity index (χ2n) is 4.08. The molecule has 1 atom stereocenters. The van der Waals surface area contributed by atoms with Crippen LogP contribution in [0.3, 0.4) is 0 Å². The van der Waals surface area contributed by atoms with Crippen LogP contribution in [0.2, 0.25) is 0 Å². The number of carbonyl (C=O) groups is 1. The second-order valence-corrected chi connectivity index (χ2v) is 4.08. The molecule has 1 aromatic heterocycles. The number of nitrogens with one attached hydrogen (secondary N) is 1. The average molecular weight is 262 g/mol. The third-order valence-corrected chi connectivity index (χ3v) is 2.53. The molecule has 0 saturated heterocycles. The van der Waals surface area contributed by atoms with Gasteiger partial charge in [-0.15, -0.1) is 0 Å². The summed E-state index contributed by atoms with van der Waals surface area (Å²) in [5.74, 6) is 0.180. The lowest BCUT2D eigenvalue weighted by atomic mass is 10.1. The number of amides is 1. The molecule has 0 saturated carbocycles. The SMILES string of the molecule is CCC(N)Cc1ccc(OCC(=O)NCC#N)cn1. The predicted molar refractivity (Wildman–Crippen MR) is 70.3 cm³/mol. The minimum Gasteiger partial charge on any atom is -0.482 e. The van der Waals surface area contributed by atoms with Crippen LogP contribution in [0.15, 0.2) is 18.3 Å². The molecule has 3 N–H and O–H groups in total. The summed E-state index contributed by atoms with van der Waals surface area (Å²) in [5.41, 5.74) is 6.74. The number of pyridine rings is 1. The lowest BCUT2D eigenvalue weighted by Gasteiger charge is -2.09. The summed E-state index contributed by atoms with van der Waals surface area (Å²) in [7, 11) is 0. The first-order valence-electron chi connectivity index (χ1n) is 6.12. The monoisotopic (exact) mass is 262 g/mol. The molecule has 1 unspecified atom stereocenters. The minimum absolute atomic E-state index is 0.0196. The number of ether oxygens (including phenoxy) is 1. The number of nitriles is 1. The first-order valence-corrected chi connectivity index (χ1v) is 6.12. The van der Waals surface area contributed by atoms with Crippen molar-refractivity contribution in [3.05, 3.63) is 24.0 Å². The number of hydrogen-bond donors (Lipinski definition) is 2. The second kappa shape index (κ2) is 8.06. The molecule has 1 aromatic rings. The molecule has 6 heteroatoms. The zero-order valence-corrected chi connectivity index (χ0v) is 10.9. The fourth-order valence-corrected chi connectivity index (χ4v) is 1.37. The van der Waals surface area contributed by atoms with Gasteiger partial charge in [-0.25, -0.2) is 0 Å². The summed E-state index contributed by atoms with van der Waals surface area (Å²) in [4.78, 5) is 15.4. The maximum absolute atomic E-state index is 11.2. The maximum Gasteiger partial charge on any atom is 0.258 e. The minimum atomic E-state index is -0.335. The summed E-state index contributed by atoms with van der Waals surface area (Å²) >= 11 is 0. The topological polar surface area (TPSA) is 101 Å². The Morgan fingerprint density at radius 2 is 2.42 bits per heavy atom. The summed E-state index contributed by atoms with van der Waals surface area (Å²) < 4.78 is 5.24. The predicted octanol–water partition coefficient (Wildman–Crippen LogP) is 0.380. The number of nitrogens with zero attached hydrogens (tertiary/aromatic N) is 2. The first kappa shape index (κ1) is 14.9. The van der Waals surface area contributed by atoms with Gasteiger partial charge in [-0.05, 0) is 18.6 Å². The van der Waals surface area contributed by atoms with Crippen molar-refractivity contribution in [3.8, 4) is 11.8 Å². The van der Waals surface area contributed by atoms with E-state index in [-0.39, 0.29) is 25.1 Å². The molecule has 19 heavy (non-hydrogen) atoms. The van der Waals surface area contributed by atoms with E-state index in [1.807, 2.05) is 19.1 Å². The number of nitrogens with two attached hydrogens (primary N) is 1. The number of aromatic nitrogens is 1. The van der Waals surface area contributed by atoms with Gasteiger partial charge in [0.25, 0.3) is 5.91 Å². The number of carbonyl (C=O) groups excluding carboxylic acids is 1. The molecule has 1 heterocycles. The van der Waals surface area contributed by atoms with Crippen LogP contribution in [0.1, 0.15) is 19.0 Å². The molecule has 1 rings (SSSR count). The molecule has 0 aliphatic carbocycles. The molecule has 0 aliphatic rings. The van der Waals surface area contributed by atoms with E-state index in [0.29, 0.717) is 5.75 Å². The molecule has 0 aromatic carbocycles. The van der Waals surface area contributed by atoms with Crippen molar-refractivity contribution >= 4 is 5.91 Å². The Balaban J connectivity index is 2.40. The molecular weight excluding hydrogens is 244 g/mol. The van der Waals surface area contributed by atoms with Gasteiger partial charge in [0.1, 0.15) is 12.3 Å². The van der Waals surface area contributed by atoms with E-state index in [4.69, 9.17) is 15.7 Å². The third kappa shape index (κ3) is 5.84. The van der Waals surface area contributed by atoms with Crippen molar-refractivity contribution in [1.82, 2.24) is 10.3 Å². The van der Waals surface area contributed by atoms with Gasteiger partial charge in [-0.3, -0.25) is 9.78 Å². The van der Waals surface area contributed by atoms with Crippen LogP contribution in [-0.4, -0.2) is 30.1 Å². The van der Waals surface area contributed by atoms with Crippen LogP contribution in [-0.2, 0) is 11.2 Å². The number of rotatable bonds is 7. The fraction of sp³-hybridized carbons (Fsp3) is 0.462. The highest BCUT2D eigenvalue weighted by Gasteiger charge is 2.04. The van der Waals surface area contributed by atoms with Crippen LogP contribution >= 0.6 is 0 Å². The van der Waals surface area contributed by atoms with E-state index >= 15 is 0 Å². The van der Waals surface area contributed by atoms with Crippen LogP contribution < -0.4 is 15.8 Å². The summed E-state index contributed by atoms with van der Waals surface area (Å²) in [6, 6.07) is 5.51. The Labute approximate surface area is 112 Å². The molecule has 1 amide bonds. The van der Waals surface area contributed by atoms with E-state index in [2.05, 4.69) is 10.3 Å². The maximum atomic E-state index is 11.2. The zero-order valence-electron chi connectivity index (χ0n) is 10.9. The van der Waals surface area contributed by atoms with Gasteiger partial charge >= 0.3 is 0 Å². The van der Waals surface area contributed by atoms with Gasteiger partial charge in [-0.2, -0.15) is 5.26 Å². The number of hydrogen-bond acceptors (Lipinski definition) is 5. The van der Waals surface area contributed by atoms with Crippen molar-refractivity contribution in [2.45, 2.75) is 25.8 Å². The Bertz CT molecular complexity index is 439. The molecule has 0 fully saturated rings. The standard InChI is InChI=1S/C13H18N4O2/c1-2-10(15)7-11-3-4-12(8-17-11)19-9-13(18)16-6-5-14/h3-4,8,10H,2,6-7,9,15H2,1H3,(H,16,18). The van der Waals surface area contributed by atoms with Crippen LogP contribution in [0.5, 0.6) is 5.75 Å². The fourth-order valence-electron chi connectivity index (χ4n) is 1.37. The summed E-state index contributed by atoms with van der Waals surface area (Å²) in [6.07, 6.45) is 3.19. The van der Waals surface area contributed by atoms with Crippen molar-refractivity contribution in [3.63, 3.8) is 0 Å². The van der Waals surface area contributed by atoms with E-state index in [9.17, 15) is 4.79 Å². The average Bonchev–Trinajstić information content (AvgIpc) is 2.44. The van der Waals surface area contributed by atoms with E-state index in [1.165, 1.54) is 0 Å². The molecule has 6 nitrogen and oxygen atoms in total. The Kier molecular flexibility index (Phi) is 6.33. The Morgan fingerprint density at radius 1 is 1.63 bits per heavy atom. The smallest absolute Gasteiger partial charge is 0.258 e. The van der Waals surface area contributed by atoms with Gasteiger partial charge in [-0.1, -0.05) is 6.92 Å². The van der Waals surface area contributed by atoms with E-state index in [1.54, 1.807) is 12.3 Å². The van der Waals surface area contributed by atoms with Crippen LogP contribution in [0.25, 0.3) is 0 Å². The zero-order chi connectivity index (χ0) is 14.1. The third-order valence-electron chi connectivity index (χ3n) is 2.53. The van der Waals surface area contributed by atoms with Crippen molar-refractivity contribution in [2.24, 2.45) is 5.73 Å². The Hall–Kier alpha value is -2.13. The van der Waals surface area contributed by atoms with Gasteiger partial charge in [0.05, 0.1) is 12.3 Å².